The van der Waals surface area contributed by atoms with Crippen LogP contribution in [-0.4, -0.2) is 31.8 Å². The van der Waals surface area contributed by atoms with Gasteiger partial charge in [-0.25, -0.2) is 4.39 Å². The molecule has 1 saturated heterocycles. The predicted octanol–water partition coefficient (Wildman–Crippen LogP) is 2.61. The molecule has 23 heavy (non-hydrogen) atoms. The zero-order chi connectivity index (χ0) is 17.4. The topological polar surface area (TPSA) is 55.6 Å². The zero-order valence-corrected chi connectivity index (χ0v) is 12.2. The molecule has 0 aromatic heterocycles. The van der Waals surface area contributed by atoms with Gasteiger partial charge in [0.1, 0.15) is 6.04 Å². The van der Waals surface area contributed by atoms with Gasteiger partial charge in [-0.3, -0.25) is 4.79 Å². The van der Waals surface area contributed by atoms with Crippen LogP contribution >= 0.6 is 0 Å². The van der Waals surface area contributed by atoms with Crippen molar-refractivity contribution in [3.63, 3.8) is 0 Å². The van der Waals surface area contributed by atoms with Crippen LogP contribution in [0.25, 0.3) is 0 Å². The number of amides is 1. The summed E-state index contributed by atoms with van der Waals surface area (Å²) in [5.74, 6) is -4.91. The molecule has 1 aromatic rings. The molecule has 2 rings (SSSR count). The molecule has 2 unspecified atom stereocenters. The number of nitrogens with two attached hydrogens (primary N) is 1. The SMILES string of the molecule is COc1c(N2CCC(CC(F)(F)F)C2C(N)=O)ccc(F)c1F. The monoisotopic (exact) mass is 338 g/mol. The average molecular weight is 338 g/mol. The lowest BCUT2D eigenvalue weighted by Crippen LogP contribution is -2.45. The Hall–Kier alpha value is -2.06. The van der Waals surface area contributed by atoms with Crippen LogP contribution in [0.4, 0.5) is 27.6 Å². The van der Waals surface area contributed by atoms with Gasteiger partial charge in [-0.15, -0.1) is 0 Å². The first kappa shape index (κ1) is 17.3. The summed E-state index contributed by atoms with van der Waals surface area (Å²) in [4.78, 5) is 12.9. The molecule has 0 saturated carbocycles. The number of halogens is 5. The number of nitrogens with zero attached hydrogens (tertiary/aromatic N) is 1. The van der Waals surface area contributed by atoms with Gasteiger partial charge in [0, 0.05) is 13.0 Å². The highest BCUT2D eigenvalue weighted by Gasteiger charge is 2.45. The Morgan fingerprint density at radius 2 is 2.04 bits per heavy atom. The first-order chi connectivity index (χ1) is 10.7. The molecule has 0 aliphatic carbocycles. The Balaban J connectivity index is 2.40. The number of hydrogen-bond acceptors (Lipinski definition) is 3. The van der Waals surface area contributed by atoms with E-state index < -0.39 is 47.8 Å². The Labute approximate surface area is 129 Å². The van der Waals surface area contributed by atoms with Gasteiger partial charge < -0.3 is 15.4 Å². The smallest absolute Gasteiger partial charge is 0.389 e. The number of carbonyl (C=O) groups excluding carboxylic acids is 1. The van der Waals surface area contributed by atoms with Crippen LogP contribution in [0, 0.1) is 17.6 Å². The minimum Gasteiger partial charge on any atom is -0.491 e. The number of hydrogen-bond donors (Lipinski definition) is 1. The summed E-state index contributed by atoms with van der Waals surface area (Å²) in [6, 6.07) is 0.709. The zero-order valence-electron chi connectivity index (χ0n) is 12.2. The first-order valence-electron chi connectivity index (χ1n) is 6.80. The number of primary amides is 1. The van der Waals surface area contributed by atoms with Crippen LogP contribution in [0.2, 0.25) is 0 Å². The predicted molar refractivity (Wildman–Crippen MR) is 72.0 cm³/mol. The van der Waals surface area contributed by atoms with E-state index >= 15 is 0 Å². The summed E-state index contributed by atoms with van der Waals surface area (Å²) in [5, 5.41) is 0. The van der Waals surface area contributed by atoms with Crippen LogP contribution in [0.5, 0.6) is 5.75 Å². The van der Waals surface area contributed by atoms with E-state index in [-0.39, 0.29) is 18.7 Å². The van der Waals surface area contributed by atoms with Crippen molar-refractivity contribution < 1.29 is 31.5 Å². The van der Waals surface area contributed by atoms with Crippen molar-refractivity contribution in [3.05, 3.63) is 23.8 Å². The largest absolute Gasteiger partial charge is 0.491 e. The normalized spacial score (nSPS) is 21.6. The molecule has 1 aliphatic rings. The number of methoxy groups -OCH3 is 1. The van der Waals surface area contributed by atoms with Gasteiger partial charge in [0.25, 0.3) is 0 Å². The third-order valence-electron chi connectivity index (χ3n) is 3.85. The van der Waals surface area contributed by atoms with E-state index in [1.54, 1.807) is 0 Å². The lowest BCUT2D eigenvalue weighted by Gasteiger charge is -2.29. The van der Waals surface area contributed by atoms with Gasteiger partial charge in [-0.2, -0.15) is 17.6 Å². The number of anilines is 1. The highest BCUT2D eigenvalue weighted by atomic mass is 19.4. The molecule has 0 spiro atoms. The minimum absolute atomic E-state index is 0.000116. The molecule has 1 aromatic carbocycles. The van der Waals surface area contributed by atoms with Crippen molar-refractivity contribution in [2.45, 2.75) is 25.1 Å². The Morgan fingerprint density at radius 1 is 1.39 bits per heavy atom. The van der Waals surface area contributed by atoms with Crippen molar-refractivity contribution in [1.29, 1.82) is 0 Å². The summed E-state index contributed by atoms with van der Waals surface area (Å²) in [7, 11) is 1.10. The van der Waals surface area contributed by atoms with Crippen molar-refractivity contribution >= 4 is 11.6 Å². The quantitative estimate of drug-likeness (QED) is 0.859. The molecule has 9 heteroatoms. The molecule has 1 fully saturated rings. The molecule has 1 aliphatic heterocycles. The molecule has 128 valence electrons. The fourth-order valence-corrected chi connectivity index (χ4v) is 2.97. The molecule has 4 nitrogen and oxygen atoms in total. The van der Waals surface area contributed by atoms with E-state index in [0.29, 0.717) is 0 Å². The van der Waals surface area contributed by atoms with Crippen molar-refractivity contribution in [2.24, 2.45) is 11.7 Å². The third-order valence-corrected chi connectivity index (χ3v) is 3.85. The van der Waals surface area contributed by atoms with Gasteiger partial charge in [0.15, 0.2) is 11.6 Å². The Kier molecular flexibility index (Phi) is 4.67. The fraction of sp³-hybridized carbons (Fsp3) is 0.500. The van der Waals surface area contributed by atoms with E-state index in [2.05, 4.69) is 0 Å². The molecule has 2 atom stereocenters. The highest BCUT2D eigenvalue weighted by molar-refractivity contribution is 5.85. The number of benzene rings is 1. The lowest BCUT2D eigenvalue weighted by molar-refractivity contribution is -0.146. The maximum absolute atomic E-state index is 13.8. The fourth-order valence-electron chi connectivity index (χ4n) is 2.97. The van der Waals surface area contributed by atoms with Gasteiger partial charge in [-0.1, -0.05) is 0 Å². The summed E-state index contributed by atoms with van der Waals surface area (Å²) >= 11 is 0. The van der Waals surface area contributed by atoms with Crippen LogP contribution in [-0.2, 0) is 4.79 Å². The van der Waals surface area contributed by atoms with Gasteiger partial charge in [-0.05, 0) is 24.5 Å². The molecular weight excluding hydrogens is 323 g/mol. The number of rotatable bonds is 4. The molecule has 1 amide bonds. The van der Waals surface area contributed by atoms with Crippen molar-refractivity contribution in [3.8, 4) is 5.75 Å². The number of alkyl halides is 3. The summed E-state index contributed by atoms with van der Waals surface area (Å²) in [6.45, 7) is 0.0514. The van der Waals surface area contributed by atoms with Crippen LogP contribution < -0.4 is 15.4 Å². The maximum Gasteiger partial charge on any atom is 0.389 e. The molecule has 2 N–H and O–H groups in total. The average Bonchev–Trinajstić information content (AvgIpc) is 2.83. The molecule has 1 heterocycles. The molecular formula is C14H15F5N2O2. The van der Waals surface area contributed by atoms with Crippen molar-refractivity contribution in [1.82, 2.24) is 0 Å². The van der Waals surface area contributed by atoms with Gasteiger partial charge >= 0.3 is 6.18 Å². The maximum atomic E-state index is 13.8. The summed E-state index contributed by atoms with van der Waals surface area (Å²) in [5.41, 5.74) is 5.24. The number of carbonyl (C=O) groups is 1. The second kappa shape index (κ2) is 6.21. The summed E-state index contributed by atoms with van der Waals surface area (Å²) < 4.78 is 69.8. The Bertz CT molecular complexity index is 606. The molecule has 0 bridgehead atoms. The Morgan fingerprint density at radius 3 is 2.57 bits per heavy atom. The first-order valence-corrected chi connectivity index (χ1v) is 6.80. The third kappa shape index (κ3) is 3.48. The van der Waals surface area contributed by atoms with Crippen LogP contribution in [0.1, 0.15) is 12.8 Å². The van der Waals surface area contributed by atoms with Crippen LogP contribution in [0.3, 0.4) is 0 Å². The van der Waals surface area contributed by atoms with Gasteiger partial charge in [0.2, 0.25) is 11.7 Å². The summed E-state index contributed by atoms with van der Waals surface area (Å²) in [6.07, 6.45) is -5.58. The van der Waals surface area contributed by atoms with E-state index in [4.69, 9.17) is 10.5 Å². The van der Waals surface area contributed by atoms with Crippen LogP contribution in [0.15, 0.2) is 12.1 Å². The number of ether oxygens (including phenoxy) is 1. The van der Waals surface area contributed by atoms with E-state index in [1.807, 2.05) is 0 Å². The molecule has 0 radical (unpaired) electrons. The standard InChI is InChI=1S/C14H15F5N2O2/c1-23-12-9(3-2-8(15)10(12)16)21-5-4-7(6-14(17,18)19)11(21)13(20)22/h2-3,7,11H,4-6H2,1H3,(H2,20,22). The van der Waals surface area contributed by atoms with E-state index in [9.17, 15) is 26.7 Å². The highest BCUT2D eigenvalue weighted by Crippen LogP contribution is 2.41. The lowest BCUT2D eigenvalue weighted by atomic mass is 9.95. The van der Waals surface area contributed by atoms with E-state index in [0.717, 1.165) is 19.2 Å². The second-order valence-electron chi connectivity index (χ2n) is 5.32. The van der Waals surface area contributed by atoms with Crippen molar-refractivity contribution in [2.75, 3.05) is 18.6 Å². The van der Waals surface area contributed by atoms with Gasteiger partial charge in [0.05, 0.1) is 12.8 Å². The van der Waals surface area contributed by atoms with E-state index in [1.165, 1.54) is 4.90 Å². The minimum atomic E-state index is -4.45. The second-order valence-corrected chi connectivity index (χ2v) is 5.32.